The van der Waals surface area contributed by atoms with E-state index in [4.69, 9.17) is 21.4 Å². The van der Waals surface area contributed by atoms with Crippen LogP contribution in [-0.2, 0) is 19.9 Å². The van der Waals surface area contributed by atoms with Gasteiger partial charge in [0.2, 0.25) is 5.91 Å². The summed E-state index contributed by atoms with van der Waals surface area (Å²) < 4.78 is 5.31. The molecule has 3 heterocycles. The number of hydrazone groups is 1. The van der Waals surface area contributed by atoms with Crippen molar-refractivity contribution in [1.29, 1.82) is 0 Å². The summed E-state index contributed by atoms with van der Waals surface area (Å²) in [6, 6.07) is 14.0. The molecule has 8 nitrogen and oxygen atoms in total. The summed E-state index contributed by atoms with van der Waals surface area (Å²) in [7, 11) is 1.71. The van der Waals surface area contributed by atoms with E-state index in [-0.39, 0.29) is 36.5 Å². The Balaban J connectivity index is 1.85. The molecule has 2 aromatic rings. The van der Waals surface area contributed by atoms with Crippen LogP contribution in [-0.4, -0.2) is 59.2 Å². The molecule has 3 atom stereocenters. The van der Waals surface area contributed by atoms with Gasteiger partial charge in [0.15, 0.2) is 0 Å². The van der Waals surface area contributed by atoms with Crippen molar-refractivity contribution in [3.05, 3.63) is 64.7 Å². The van der Waals surface area contributed by atoms with Gasteiger partial charge in [-0.2, -0.15) is 5.10 Å². The molecule has 0 saturated carbocycles. The fraction of sp³-hybridized carbons (Fsp3) is 0.385. The number of ether oxygens (including phenoxy) is 1. The first-order valence-corrected chi connectivity index (χ1v) is 12.1. The van der Waals surface area contributed by atoms with Crippen LogP contribution in [0.25, 0.3) is 0 Å². The number of carbonyl (C=O) groups is 3. The molecule has 2 aromatic carbocycles. The van der Waals surface area contributed by atoms with Crippen LogP contribution in [0.4, 0.5) is 5.69 Å². The van der Waals surface area contributed by atoms with Gasteiger partial charge in [-0.15, -0.1) is 0 Å². The summed E-state index contributed by atoms with van der Waals surface area (Å²) in [5.74, 6) is -1.09. The van der Waals surface area contributed by atoms with Crippen LogP contribution < -0.4 is 5.01 Å². The van der Waals surface area contributed by atoms with E-state index in [1.54, 1.807) is 47.0 Å². The molecule has 0 unspecified atom stereocenters. The summed E-state index contributed by atoms with van der Waals surface area (Å²) in [5.41, 5.74) is 0.882. The van der Waals surface area contributed by atoms with E-state index in [1.165, 1.54) is 0 Å². The minimum absolute atomic E-state index is 0.132. The average molecular weight is 495 g/mol. The lowest BCUT2D eigenvalue weighted by Gasteiger charge is -2.45. The molecule has 1 fully saturated rings. The quantitative estimate of drug-likeness (QED) is 0.606. The number of fused-ring (bicyclic) bond motifs is 5. The Bertz CT molecular complexity index is 1250. The summed E-state index contributed by atoms with van der Waals surface area (Å²) >= 11 is 6.33. The predicted octanol–water partition coefficient (Wildman–Crippen LogP) is 3.64. The molecule has 35 heavy (non-hydrogen) atoms. The molecule has 1 saturated heterocycles. The van der Waals surface area contributed by atoms with Crippen molar-refractivity contribution in [2.45, 2.75) is 44.9 Å². The molecular weight excluding hydrogens is 468 g/mol. The van der Waals surface area contributed by atoms with Gasteiger partial charge in [-0.25, -0.2) is 9.80 Å². The summed E-state index contributed by atoms with van der Waals surface area (Å²) in [6.45, 7) is 5.81. The SMILES string of the molecule is CCOC(=O)C1=NN2c3ccc(Cl)cc3C(=O)N3[C@@H](C(C)C)C(=O)N(C)[C@H]3[C@@]2(c2ccccc2)C1. The Kier molecular flexibility index (Phi) is 5.59. The first-order valence-electron chi connectivity index (χ1n) is 11.7. The molecule has 3 aliphatic heterocycles. The maximum atomic E-state index is 14.1. The number of halogens is 1. The molecule has 0 N–H and O–H groups in total. The lowest BCUT2D eigenvalue weighted by molar-refractivity contribution is -0.135. The molecule has 2 amide bonds. The van der Waals surface area contributed by atoms with Crippen molar-refractivity contribution in [3.63, 3.8) is 0 Å². The fourth-order valence-electron chi connectivity index (χ4n) is 5.66. The van der Waals surface area contributed by atoms with Crippen molar-refractivity contribution in [3.8, 4) is 0 Å². The van der Waals surface area contributed by atoms with E-state index >= 15 is 0 Å². The highest BCUT2D eigenvalue weighted by Gasteiger charge is 2.64. The number of benzene rings is 2. The smallest absolute Gasteiger partial charge is 0.354 e. The van der Waals surface area contributed by atoms with Crippen LogP contribution in [0.15, 0.2) is 53.6 Å². The first kappa shape index (κ1) is 23.4. The maximum absolute atomic E-state index is 14.1. The molecule has 182 valence electrons. The van der Waals surface area contributed by atoms with Gasteiger partial charge in [0, 0.05) is 18.5 Å². The average Bonchev–Trinajstić information content (AvgIpc) is 3.34. The molecule has 0 radical (unpaired) electrons. The van der Waals surface area contributed by atoms with Crippen molar-refractivity contribution in [2.75, 3.05) is 18.7 Å². The number of rotatable bonds is 4. The van der Waals surface area contributed by atoms with Crippen molar-refractivity contribution in [1.82, 2.24) is 9.80 Å². The molecule has 0 bridgehead atoms. The Labute approximate surface area is 209 Å². The van der Waals surface area contributed by atoms with Crippen molar-refractivity contribution < 1.29 is 19.1 Å². The largest absolute Gasteiger partial charge is 0.461 e. The van der Waals surface area contributed by atoms with Gasteiger partial charge in [0.25, 0.3) is 5.91 Å². The number of amides is 2. The minimum Gasteiger partial charge on any atom is -0.461 e. The van der Waals surface area contributed by atoms with Crippen LogP contribution >= 0.6 is 11.6 Å². The van der Waals surface area contributed by atoms with E-state index < -0.39 is 23.7 Å². The number of hydrogen-bond donors (Lipinski definition) is 0. The third-order valence-corrected chi connectivity index (χ3v) is 7.30. The van der Waals surface area contributed by atoms with Crippen LogP contribution in [0.5, 0.6) is 0 Å². The van der Waals surface area contributed by atoms with Gasteiger partial charge in [-0.05, 0) is 36.6 Å². The normalized spacial score (nSPS) is 25.3. The fourth-order valence-corrected chi connectivity index (χ4v) is 5.83. The summed E-state index contributed by atoms with van der Waals surface area (Å²) in [6.07, 6.45) is -0.562. The molecular formula is C26H27ClN4O4. The Morgan fingerprint density at radius 3 is 2.57 bits per heavy atom. The zero-order valence-corrected chi connectivity index (χ0v) is 20.8. The number of carbonyl (C=O) groups excluding carboxylic acids is 3. The standard InChI is InChI=1S/C26H27ClN4O4/c1-5-35-24(34)19-14-26(16-9-7-6-8-10-16)25-29(4)23(33)21(15(2)3)30(25)22(32)18-13-17(27)11-12-20(18)31(26)28-19/h6-13,15,21,25H,5,14H2,1-4H3/t21-,25+,26-/m0/s1. The van der Waals surface area contributed by atoms with Crippen molar-refractivity contribution in [2.24, 2.45) is 11.0 Å². The zero-order valence-electron chi connectivity index (χ0n) is 20.1. The van der Waals surface area contributed by atoms with Crippen molar-refractivity contribution >= 4 is 40.8 Å². The highest BCUT2D eigenvalue weighted by molar-refractivity contribution is 6.38. The second kappa shape index (κ2) is 8.37. The van der Waals surface area contributed by atoms with Gasteiger partial charge in [-0.3, -0.25) is 9.59 Å². The van der Waals surface area contributed by atoms with E-state index in [2.05, 4.69) is 0 Å². The van der Waals surface area contributed by atoms with Gasteiger partial charge in [0.05, 0.1) is 17.9 Å². The Morgan fingerprint density at radius 2 is 1.91 bits per heavy atom. The van der Waals surface area contributed by atoms with Gasteiger partial charge in [0.1, 0.15) is 23.5 Å². The van der Waals surface area contributed by atoms with Crippen LogP contribution in [0.1, 0.15) is 43.1 Å². The number of anilines is 1. The number of nitrogens with zero attached hydrogens (tertiary/aromatic N) is 4. The highest BCUT2D eigenvalue weighted by Crippen LogP contribution is 2.52. The molecule has 5 rings (SSSR count). The summed E-state index contributed by atoms with van der Waals surface area (Å²) in [4.78, 5) is 43.9. The molecule has 3 aliphatic rings. The molecule has 0 spiro atoms. The van der Waals surface area contributed by atoms with Gasteiger partial charge >= 0.3 is 5.97 Å². The topological polar surface area (TPSA) is 82.5 Å². The third-order valence-electron chi connectivity index (χ3n) is 7.06. The molecule has 0 aliphatic carbocycles. The van der Waals surface area contributed by atoms with E-state index in [0.29, 0.717) is 16.3 Å². The summed E-state index contributed by atoms with van der Waals surface area (Å²) in [5, 5.41) is 6.88. The highest BCUT2D eigenvalue weighted by atomic mass is 35.5. The van der Waals surface area contributed by atoms with Crippen LogP contribution in [0.2, 0.25) is 5.02 Å². The lowest BCUT2D eigenvalue weighted by Crippen LogP contribution is -2.60. The van der Waals surface area contributed by atoms with E-state index in [9.17, 15) is 14.4 Å². The monoisotopic (exact) mass is 494 g/mol. The lowest BCUT2D eigenvalue weighted by atomic mass is 9.81. The second-order valence-electron chi connectivity index (χ2n) is 9.43. The molecule has 0 aromatic heterocycles. The van der Waals surface area contributed by atoms with Gasteiger partial charge in [-0.1, -0.05) is 55.8 Å². The maximum Gasteiger partial charge on any atom is 0.354 e. The Morgan fingerprint density at radius 1 is 1.20 bits per heavy atom. The minimum atomic E-state index is -1.05. The molecule has 9 heteroatoms. The number of hydrogen-bond acceptors (Lipinski definition) is 6. The van der Waals surface area contributed by atoms with Crippen LogP contribution in [0, 0.1) is 5.92 Å². The van der Waals surface area contributed by atoms with E-state index in [1.807, 2.05) is 44.2 Å². The number of likely N-dealkylation sites (N-methyl/N-ethyl adjacent to an activating group) is 1. The zero-order chi connectivity index (χ0) is 25.1. The first-order chi connectivity index (χ1) is 16.7. The Hall–Kier alpha value is -3.39. The second-order valence-corrected chi connectivity index (χ2v) is 9.87. The number of esters is 1. The predicted molar refractivity (Wildman–Crippen MR) is 132 cm³/mol. The third kappa shape index (κ3) is 3.26. The van der Waals surface area contributed by atoms with E-state index in [0.717, 1.165) is 5.56 Å². The van der Waals surface area contributed by atoms with Crippen LogP contribution in [0.3, 0.4) is 0 Å². The van der Waals surface area contributed by atoms with Gasteiger partial charge < -0.3 is 14.5 Å².